The number of aliphatic hydroxyl groups excluding tert-OH is 11. The van der Waals surface area contributed by atoms with Crippen molar-refractivity contribution in [1.29, 1.82) is 0 Å². The highest BCUT2D eigenvalue weighted by atomic mass is 16.8. The molecule has 1 amide bonds. The van der Waals surface area contributed by atoms with Crippen LogP contribution in [0.2, 0.25) is 0 Å². The van der Waals surface area contributed by atoms with Gasteiger partial charge in [0.1, 0.15) is 73.2 Å². The van der Waals surface area contributed by atoms with E-state index in [1.54, 1.807) is 6.08 Å². The minimum Gasteiger partial charge on any atom is -0.394 e. The van der Waals surface area contributed by atoms with Crippen molar-refractivity contribution in [3.05, 3.63) is 48.6 Å². The van der Waals surface area contributed by atoms with E-state index in [9.17, 15) is 61.0 Å². The third-order valence-corrected chi connectivity index (χ3v) is 20.6. The fraction of sp³-hybridized carbons (Fsp3) is 0.890. The van der Waals surface area contributed by atoms with Gasteiger partial charge in [-0.05, 0) is 64.2 Å². The summed E-state index contributed by atoms with van der Waals surface area (Å²) >= 11 is 0. The molecule has 592 valence electrons. The summed E-state index contributed by atoms with van der Waals surface area (Å²) in [5, 5.41) is 121. The Balaban J connectivity index is 1.27. The van der Waals surface area contributed by atoms with Gasteiger partial charge in [-0.2, -0.15) is 0 Å². The van der Waals surface area contributed by atoms with Crippen LogP contribution in [0.15, 0.2) is 48.6 Å². The maximum Gasteiger partial charge on any atom is 0.220 e. The number of hydrogen-bond donors (Lipinski definition) is 12. The Morgan fingerprint density at radius 2 is 0.663 bits per heavy atom. The minimum absolute atomic E-state index is 0.239. The molecule has 101 heavy (non-hydrogen) atoms. The predicted octanol–water partition coefficient (Wildman–Crippen LogP) is 14.1. The maximum absolute atomic E-state index is 13.4. The Kier molecular flexibility index (Phi) is 57.8. The summed E-state index contributed by atoms with van der Waals surface area (Å²) in [5.74, 6) is -0.280. The second-order valence-electron chi connectivity index (χ2n) is 29.6. The van der Waals surface area contributed by atoms with E-state index in [0.29, 0.717) is 12.8 Å². The van der Waals surface area contributed by atoms with Crippen LogP contribution in [0.4, 0.5) is 0 Å². The molecule has 3 rings (SSSR count). The first-order chi connectivity index (χ1) is 49.3. The van der Waals surface area contributed by atoms with Crippen LogP contribution in [0.25, 0.3) is 0 Å². The molecule has 3 heterocycles. The molecule has 0 aromatic heterocycles. The highest BCUT2D eigenvalue weighted by Crippen LogP contribution is 2.33. The molecule has 0 radical (unpaired) electrons. The van der Waals surface area contributed by atoms with E-state index in [1.807, 2.05) is 6.08 Å². The first-order valence-electron chi connectivity index (χ1n) is 41.4. The maximum atomic E-state index is 13.4. The van der Waals surface area contributed by atoms with Crippen molar-refractivity contribution in [3.63, 3.8) is 0 Å². The van der Waals surface area contributed by atoms with E-state index in [1.165, 1.54) is 257 Å². The normalized spacial score (nSPS) is 26.5. The Morgan fingerprint density at radius 1 is 0.356 bits per heavy atom. The number of unbranched alkanes of at least 4 members (excludes halogenated alkanes) is 44. The number of amides is 1. The van der Waals surface area contributed by atoms with Gasteiger partial charge in [0, 0.05) is 6.42 Å². The van der Waals surface area contributed by atoms with Crippen LogP contribution in [0.1, 0.15) is 335 Å². The molecule has 17 atom stereocenters. The SMILES string of the molecule is CCCCCCC/C=C\C/C=C\CCCCCCCCCCCCCCCCCCCCCCCCCCCCCCCC(=O)NC(COC1OC(CO)C(OC2OC(CO)C(OC3OC(CO)C(O)C(O)C3O)C(O)C2O)C(O)C1O)C(O)/C=C/CC/C=C/CCCCCCCCCCC. The van der Waals surface area contributed by atoms with E-state index in [-0.39, 0.29) is 18.9 Å². The third-order valence-electron chi connectivity index (χ3n) is 20.6. The molecule has 3 aliphatic heterocycles. The molecule has 19 heteroatoms. The lowest BCUT2D eigenvalue weighted by Gasteiger charge is -2.48. The van der Waals surface area contributed by atoms with E-state index in [2.05, 4.69) is 55.6 Å². The molecule has 0 bridgehead atoms. The standard InChI is InChI=1S/C82H151NO18/c1-3-5-7-9-11-13-15-17-19-20-21-22-23-24-25-26-27-28-29-30-31-32-33-34-35-36-37-38-39-40-41-42-43-44-46-48-50-52-54-56-58-60-70(88)83-65(66(87)59-57-55-53-51-49-47-45-18-16-14-12-10-8-6-4-2)64-96-80-76(94)73(91)78(68(62-85)98-80)101-82-77(95)74(92)79(69(63-86)99-82)100-81-75(93)72(90)71(89)67(61-84)97-81/h15,17,20-21,49,51,57,59,65-69,71-82,84-87,89-95H,3-14,16,18-19,22-48,50,52-56,58,60-64H2,1-2H3,(H,83,88)/b17-15-,21-20-,51-49+,59-57+. The summed E-state index contributed by atoms with van der Waals surface area (Å²) in [6, 6.07) is -0.989. The zero-order chi connectivity index (χ0) is 73.2. The van der Waals surface area contributed by atoms with Crippen molar-refractivity contribution < 1.29 is 89.4 Å². The highest BCUT2D eigenvalue weighted by Gasteiger charge is 2.54. The fourth-order valence-corrected chi connectivity index (χ4v) is 13.9. The number of hydrogen-bond acceptors (Lipinski definition) is 18. The fourth-order valence-electron chi connectivity index (χ4n) is 13.9. The number of carbonyl (C=O) groups excluding carboxylic acids is 1. The van der Waals surface area contributed by atoms with E-state index in [4.69, 9.17) is 28.4 Å². The number of carbonyl (C=O) groups is 1. The zero-order valence-electron chi connectivity index (χ0n) is 63.4. The molecule has 17 unspecified atom stereocenters. The zero-order valence-corrected chi connectivity index (χ0v) is 63.4. The molecular weight excluding hydrogens is 1290 g/mol. The van der Waals surface area contributed by atoms with Gasteiger partial charge in [-0.15, -0.1) is 0 Å². The Morgan fingerprint density at radius 3 is 1.05 bits per heavy atom. The second kappa shape index (κ2) is 62.8. The second-order valence-corrected chi connectivity index (χ2v) is 29.6. The minimum atomic E-state index is -1.98. The van der Waals surface area contributed by atoms with Crippen LogP contribution >= 0.6 is 0 Å². The molecule has 19 nitrogen and oxygen atoms in total. The lowest BCUT2D eigenvalue weighted by Crippen LogP contribution is -2.66. The van der Waals surface area contributed by atoms with Crippen LogP contribution in [0.3, 0.4) is 0 Å². The molecule has 12 N–H and O–H groups in total. The van der Waals surface area contributed by atoms with Gasteiger partial charge in [0.25, 0.3) is 0 Å². The highest BCUT2D eigenvalue weighted by molar-refractivity contribution is 5.76. The first kappa shape index (κ1) is 93.0. The largest absolute Gasteiger partial charge is 0.394 e. The topological polar surface area (TPSA) is 307 Å². The molecule has 3 saturated heterocycles. The van der Waals surface area contributed by atoms with Gasteiger partial charge < -0.3 is 89.9 Å². The van der Waals surface area contributed by atoms with Crippen LogP contribution in [-0.4, -0.2) is 193 Å². The van der Waals surface area contributed by atoms with Crippen LogP contribution in [-0.2, 0) is 33.2 Å². The van der Waals surface area contributed by atoms with Crippen molar-refractivity contribution in [2.24, 2.45) is 0 Å². The quantitative estimate of drug-likeness (QED) is 0.0199. The lowest BCUT2D eigenvalue weighted by atomic mass is 9.96. The summed E-state index contributed by atoms with van der Waals surface area (Å²) in [6.07, 6.45) is 52.9. The van der Waals surface area contributed by atoms with Gasteiger partial charge in [0.2, 0.25) is 5.91 Å². The lowest BCUT2D eigenvalue weighted by molar-refractivity contribution is -0.379. The summed E-state index contributed by atoms with van der Waals surface area (Å²) in [7, 11) is 0. The Bertz CT molecular complexity index is 2010. The molecule has 0 saturated carbocycles. The summed E-state index contributed by atoms with van der Waals surface area (Å²) < 4.78 is 34.4. The summed E-state index contributed by atoms with van der Waals surface area (Å²) in [6.45, 7) is 1.73. The van der Waals surface area contributed by atoms with Crippen molar-refractivity contribution in [3.8, 4) is 0 Å². The number of rotatable bonds is 66. The number of nitrogens with one attached hydrogen (secondary N) is 1. The molecule has 3 fully saturated rings. The van der Waals surface area contributed by atoms with Crippen LogP contribution < -0.4 is 5.32 Å². The van der Waals surface area contributed by atoms with Crippen molar-refractivity contribution >= 4 is 5.91 Å². The van der Waals surface area contributed by atoms with Gasteiger partial charge in [0.05, 0.1) is 38.6 Å². The average molecular weight is 1440 g/mol. The van der Waals surface area contributed by atoms with Crippen LogP contribution in [0.5, 0.6) is 0 Å². The summed E-state index contributed by atoms with van der Waals surface area (Å²) in [4.78, 5) is 13.4. The van der Waals surface area contributed by atoms with Crippen molar-refractivity contribution in [2.75, 3.05) is 26.4 Å². The molecule has 0 aromatic rings. The molecule has 0 aliphatic carbocycles. The van der Waals surface area contributed by atoms with E-state index < -0.39 is 124 Å². The van der Waals surface area contributed by atoms with Gasteiger partial charge in [0.15, 0.2) is 18.9 Å². The van der Waals surface area contributed by atoms with E-state index in [0.717, 1.165) is 44.9 Å². The predicted molar refractivity (Wildman–Crippen MR) is 402 cm³/mol. The van der Waals surface area contributed by atoms with Gasteiger partial charge in [-0.1, -0.05) is 313 Å². The Hall–Kier alpha value is -2.25. The van der Waals surface area contributed by atoms with Gasteiger partial charge in [-0.25, -0.2) is 0 Å². The monoisotopic (exact) mass is 1440 g/mol. The first-order valence-corrected chi connectivity index (χ1v) is 41.4. The number of aliphatic hydroxyl groups is 11. The van der Waals surface area contributed by atoms with Gasteiger partial charge >= 0.3 is 0 Å². The van der Waals surface area contributed by atoms with Crippen LogP contribution in [0, 0.1) is 0 Å². The third kappa shape index (κ3) is 42.8. The molecular formula is C82H151NO18. The Labute approximate surface area is 612 Å². The summed E-state index contributed by atoms with van der Waals surface area (Å²) in [5.41, 5.74) is 0. The van der Waals surface area contributed by atoms with E-state index >= 15 is 0 Å². The molecule has 3 aliphatic rings. The average Bonchev–Trinajstić information content (AvgIpc) is 0.782. The van der Waals surface area contributed by atoms with Crippen molar-refractivity contribution in [1.82, 2.24) is 5.32 Å². The van der Waals surface area contributed by atoms with Gasteiger partial charge in [-0.3, -0.25) is 4.79 Å². The smallest absolute Gasteiger partial charge is 0.220 e. The molecule has 0 spiro atoms. The van der Waals surface area contributed by atoms with Crippen molar-refractivity contribution in [2.45, 2.75) is 439 Å². The molecule has 0 aromatic carbocycles. The number of ether oxygens (including phenoxy) is 6. The number of allylic oxidation sites excluding steroid dienone is 7.